The molecule has 204 valence electrons. The Bertz CT molecular complexity index is 1130. The first-order valence-electron chi connectivity index (χ1n) is 13.6. The van der Waals surface area contributed by atoms with Gasteiger partial charge >= 0.3 is 12.1 Å². The number of likely N-dealkylation sites (tertiary alicyclic amines) is 1. The zero-order valence-electron chi connectivity index (χ0n) is 23.7. The molecule has 2 aliphatic heterocycles. The van der Waals surface area contributed by atoms with Gasteiger partial charge in [-0.1, -0.05) is 25.7 Å². The molecule has 9 heteroatoms. The van der Waals surface area contributed by atoms with Gasteiger partial charge in [-0.3, -0.25) is 0 Å². The molecule has 0 N–H and O–H groups in total. The molecule has 4 rings (SSSR count). The molecule has 0 atom stereocenters. The molecule has 2 aliphatic rings. The third-order valence-electron chi connectivity index (χ3n) is 7.78. The Hall–Kier alpha value is -2.55. The number of piperidine rings is 2. The summed E-state index contributed by atoms with van der Waals surface area (Å²) >= 11 is 0. The van der Waals surface area contributed by atoms with Crippen molar-refractivity contribution >= 4 is 36.9 Å². The Morgan fingerprint density at radius 3 is 2.24 bits per heavy atom. The van der Waals surface area contributed by atoms with Gasteiger partial charge in [0.15, 0.2) is 0 Å². The van der Waals surface area contributed by atoms with E-state index in [-0.39, 0.29) is 17.5 Å². The number of nitrogens with zero attached hydrogens (tertiary/aromatic N) is 4. The maximum absolute atomic E-state index is 12.8. The fourth-order valence-electron chi connectivity index (χ4n) is 5.41. The van der Waals surface area contributed by atoms with Crippen molar-refractivity contribution in [2.75, 3.05) is 37.7 Å². The van der Waals surface area contributed by atoms with Gasteiger partial charge in [0, 0.05) is 41.3 Å². The van der Waals surface area contributed by atoms with E-state index in [0.29, 0.717) is 12.4 Å². The minimum atomic E-state index is -1.27. The summed E-state index contributed by atoms with van der Waals surface area (Å²) in [5, 5.41) is 0. The first-order valence-corrected chi connectivity index (χ1v) is 17.3. The van der Waals surface area contributed by atoms with Gasteiger partial charge in [-0.05, 0) is 70.0 Å². The highest BCUT2D eigenvalue weighted by Gasteiger charge is 2.40. The van der Waals surface area contributed by atoms with Gasteiger partial charge in [0.2, 0.25) is 5.82 Å². The zero-order chi connectivity index (χ0) is 27.0. The van der Waals surface area contributed by atoms with Crippen LogP contribution in [0.25, 0.3) is 11.0 Å². The standard InChI is InChI=1S/C28H44N4O4Si/c1-27(2,3)36-26(34)32-17-13-28(14-18-32)11-15-31(16-12-28)22-10-8-9-21-23(22)30(4)24(29-21)25(33)35-19-20-37(5,6)7/h8-10H,11-20H2,1-7H3. The smallest absolute Gasteiger partial charge is 0.410 e. The summed E-state index contributed by atoms with van der Waals surface area (Å²) in [5.41, 5.74) is 2.74. The lowest BCUT2D eigenvalue weighted by Gasteiger charge is -2.47. The normalized spacial score (nSPS) is 18.4. The second-order valence-corrected chi connectivity index (χ2v) is 18.7. The van der Waals surface area contributed by atoms with Crippen LogP contribution in [0.1, 0.15) is 57.1 Å². The van der Waals surface area contributed by atoms with Crippen molar-refractivity contribution in [1.29, 1.82) is 0 Å². The summed E-state index contributed by atoms with van der Waals surface area (Å²) in [4.78, 5) is 34.2. The van der Waals surface area contributed by atoms with E-state index in [0.717, 1.165) is 74.6 Å². The number of ether oxygens (including phenoxy) is 2. The summed E-state index contributed by atoms with van der Waals surface area (Å²) in [7, 11) is 0.634. The number of amides is 1. The van der Waals surface area contributed by atoms with Crippen LogP contribution in [-0.4, -0.2) is 73.0 Å². The molecule has 3 heterocycles. The van der Waals surface area contributed by atoms with Crippen molar-refractivity contribution < 1.29 is 19.1 Å². The number of hydrogen-bond donors (Lipinski definition) is 0. The Labute approximate surface area is 222 Å². The predicted octanol–water partition coefficient (Wildman–Crippen LogP) is 5.69. The molecule has 1 aromatic heterocycles. The Balaban J connectivity index is 1.41. The molecule has 1 spiro atoms. The number of carbonyl (C=O) groups excluding carboxylic acids is 2. The van der Waals surface area contributed by atoms with Crippen LogP contribution in [0.3, 0.4) is 0 Å². The van der Waals surface area contributed by atoms with Crippen LogP contribution in [0.5, 0.6) is 0 Å². The highest BCUT2D eigenvalue weighted by Crippen LogP contribution is 2.43. The number of fused-ring (bicyclic) bond motifs is 1. The Morgan fingerprint density at radius 1 is 1.03 bits per heavy atom. The van der Waals surface area contributed by atoms with Crippen molar-refractivity contribution in [3.63, 3.8) is 0 Å². The molecule has 8 nitrogen and oxygen atoms in total. The van der Waals surface area contributed by atoms with E-state index in [1.165, 1.54) is 0 Å². The van der Waals surface area contributed by atoms with Gasteiger partial charge < -0.3 is 23.8 Å². The van der Waals surface area contributed by atoms with Gasteiger partial charge in [-0.25, -0.2) is 14.6 Å². The average molecular weight is 529 g/mol. The minimum absolute atomic E-state index is 0.197. The molecule has 2 fully saturated rings. The van der Waals surface area contributed by atoms with E-state index in [2.05, 4.69) is 35.6 Å². The SMILES string of the molecule is Cn1c(C(=O)OCC[Si](C)(C)C)nc2cccc(N3CCC4(CCN(C(=O)OC(C)(C)C)CC4)CC3)c21. The molecule has 2 aromatic rings. The molecular formula is C28H44N4O4Si. The molecule has 0 bridgehead atoms. The van der Waals surface area contributed by atoms with Gasteiger partial charge in [0.05, 0.1) is 23.3 Å². The van der Waals surface area contributed by atoms with Crippen LogP contribution in [0.15, 0.2) is 18.2 Å². The predicted molar refractivity (Wildman–Crippen MR) is 150 cm³/mol. The van der Waals surface area contributed by atoms with Crippen LogP contribution in [0.2, 0.25) is 25.7 Å². The Morgan fingerprint density at radius 2 is 1.65 bits per heavy atom. The topological polar surface area (TPSA) is 76.9 Å². The Kier molecular flexibility index (Phi) is 7.66. The van der Waals surface area contributed by atoms with Crippen LogP contribution < -0.4 is 4.90 Å². The number of rotatable bonds is 5. The second kappa shape index (κ2) is 10.3. The highest BCUT2D eigenvalue weighted by molar-refractivity contribution is 6.76. The van der Waals surface area contributed by atoms with Crippen molar-refractivity contribution in [1.82, 2.24) is 14.5 Å². The minimum Gasteiger partial charge on any atom is -0.460 e. The van der Waals surface area contributed by atoms with E-state index >= 15 is 0 Å². The summed E-state index contributed by atoms with van der Waals surface area (Å²) < 4.78 is 13.1. The first-order chi connectivity index (χ1) is 17.3. The van der Waals surface area contributed by atoms with Crippen LogP contribution in [-0.2, 0) is 16.5 Å². The number of aryl methyl sites for hydroxylation is 1. The molecule has 0 saturated carbocycles. The number of hydrogen-bond acceptors (Lipinski definition) is 6. The van der Waals surface area contributed by atoms with E-state index < -0.39 is 13.7 Å². The van der Waals surface area contributed by atoms with Crippen molar-refractivity contribution in [2.24, 2.45) is 12.5 Å². The molecule has 0 aliphatic carbocycles. The summed E-state index contributed by atoms with van der Waals surface area (Å²) in [6.45, 7) is 16.4. The monoisotopic (exact) mass is 528 g/mol. The van der Waals surface area contributed by atoms with Gasteiger partial charge in [0.1, 0.15) is 5.60 Å². The fraction of sp³-hybridized carbons (Fsp3) is 0.679. The summed E-state index contributed by atoms with van der Waals surface area (Å²) in [6, 6.07) is 7.07. The van der Waals surface area contributed by atoms with E-state index in [9.17, 15) is 9.59 Å². The summed E-state index contributed by atoms with van der Waals surface area (Å²) in [5.74, 6) is 0.0123. The highest BCUT2D eigenvalue weighted by atomic mass is 28.3. The van der Waals surface area contributed by atoms with Gasteiger partial charge in [-0.15, -0.1) is 0 Å². The number of benzene rings is 1. The lowest BCUT2D eigenvalue weighted by molar-refractivity contribution is 0.00664. The van der Waals surface area contributed by atoms with Crippen LogP contribution in [0.4, 0.5) is 10.5 Å². The fourth-order valence-corrected chi connectivity index (χ4v) is 6.13. The molecular weight excluding hydrogens is 484 g/mol. The van der Waals surface area contributed by atoms with Crippen molar-refractivity contribution in [3.05, 3.63) is 24.0 Å². The van der Waals surface area contributed by atoms with Crippen molar-refractivity contribution in [3.8, 4) is 0 Å². The third-order valence-corrected chi connectivity index (χ3v) is 9.49. The van der Waals surface area contributed by atoms with Gasteiger partial charge in [0.25, 0.3) is 0 Å². The summed E-state index contributed by atoms with van der Waals surface area (Å²) in [6.07, 6.45) is 4.02. The first kappa shape index (κ1) is 27.5. The number of carbonyl (C=O) groups is 2. The van der Waals surface area contributed by atoms with E-state index in [1.807, 2.05) is 49.4 Å². The quantitative estimate of drug-likeness (QED) is 0.367. The second-order valence-electron chi connectivity index (χ2n) is 13.0. The maximum atomic E-state index is 12.8. The third kappa shape index (κ3) is 6.48. The zero-order valence-corrected chi connectivity index (χ0v) is 24.7. The molecule has 1 amide bonds. The molecule has 1 aromatic carbocycles. The molecule has 0 radical (unpaired) electrons. The molecule has 37 heavy (non-hydrogen) atoms. The molecule has 2 saturated heterocycles. The number of aromatic nitrogens is 2. The lowest BCUT2D eigenvalue weighted by Crippen LogP contribution is -2.49. The van der Waals surface area contributed by atoms with Crippen LogP contribution in [0, 0.1) is 5.41 Å². The van der Waals surface area contributed by atoms with Crippen molar-refractivity contribution in [2.45, 2.75) is 77.7 Å². The lowest BCUT2D eigenvalue weighted by atomic mass is 9.71. The number of esters is 1. The maximum Gasteiger partial charge on any atom is 0.410 e. The number of anilines is 1. The van der Waals surface area contributed by atoms with E-state index in [1.54, 1.807) is 0 Å². The average Bonchev–Trinajstić information content (AvgIpc) is 3.15. The van der Waals surface area contributed by atoms with Crippen LogP contribution >= 0.6 is 0 Å². The number of imidazole rings is 1. The van der Waals surface area contributed by atoms with E-state index in [4.69, 9.17) is 9.47 Å². The van der Waals surface area contributed by atoms with Gasteiger partial charge in [-0.2, -0.15) is 0 Å². The largest absolute Gasteiger partial charge is 0.460 e. The molecule has 0 unspecified atom stereocenters. The number of para-hydroxylation sites is 1.